The molecule has 2 saturated heterocycles. The minimum atomic E-state index is -0.0164. The average molecular weight is 442 g/mol. The molecule has 1 amide bonds. The van der Waals surface area contributed by atoms with Crippen LogP contribution in [0.3, 0.4) is 0 Å². The van der Waals surface area contributed by atoms with E-state index < -0.39 is 0 Å². The van der Waals surface area contributed by atoms with Crippen molar-refractivity contribution in [2.45, 2.75) is 29.7 Å². The highest BCUT2D eigenvalue weighted by molar-refractivity contribution is 7.99. The molecule has 3 heterocycles. The number of anilines is 1. The van der Waals surface area contributed by atoms with Gasteiger partial charge in [-0.15, -0.1) is 0 Å². The molecule has 1 aromatic heterocycles. The first kappa shape index (κ1) is 22.0. The highest BCUT2D eigenvalue weighted by Crippen LogP contribution is 2.34. The topological polar surface area (TPSA) is 70.6 Å². The number of aryl methyl sites for hydroxylation is 1. The maximum atomic E-state index is 12.8. The third kappa shape index (κ3) is 6.18. The fourth-order valence-corrected chi connectivity index (χ4v) is 5.09. The van der Waals surface area contributed by atoms with Crippen LogP contribution in [0.5, 0.6) is 0 Å². The molecule has 166 valence electrons. The first-order chi connectivity index (χ1) is 15.2. The number of benzene rings is 1. The van der Waals surface area contributed by atoms with E-state index in [4.69, 9.17) is 4.74 Å². The van der Waals surface area contributed by atoms with Crippen LogP contribution in [0.4, 0.5) is 5.82 Å². The number of morpholine rings is 1. The second-order valence-electron chi connectivity index (χ2n) is 8.13. The molecule has 1 N–H and O–H groups in total. The molecule has 1 atom stereocenters. The summed E-state index contributed by atoms with van der Waals surface area (Å²) in [7, 11) is 0. The van der Waals surface area contributed by atoms with Gasteiger partial charge < -0.3 is 15.0 Å². The summed E-state index contributed by atoms with van der Waals surface area (Å²) in [5.74, 6) is 1.01. The molecule has 0 saturated carbocycles. The lowest BCUT2D eigenvalue weighted by Crippen LogP contribution is -2.46. The number of amides is 1. The van der Waals surface area contributed by atoms with Gasteiger partial charge >= 0.3 is 0 Å². The Balaban J connectivity index is 1.35. The zero-order chi connectivity index (χ0) is 21.5. The summed E-state index contributed by atoms with van der Waals surface area (Å²) < 4.78 is 5.38. The Morgan fingerprint density at radius 1 is 1.23 bits per heavy atom. The van der Waals surface area contributed by atoms with Crippen molar-refractivity contribution in [3.63, 3.8) is 0 Å². The fourth-order valence-electron chi connectivity index (χ4n) is 4.09. The van der Waals surface area contributed by atoms with E-state index in [1.165, 1.54) is 5.56 Å². The lowest BCUT2D eigenvalue weighted by atomic mass is 9.97. The lowest BCUT2D eigenvalue weighted by Gasteiger charge is -2.33. The van der Waals surface area contributed by atoms with Crippen LogP contribution in [0.25, 0.3) is 0 Å². The van der Waals surface area contributed by atoms with Crippen molar-refractivity contribution in [2.24, 2.45) is 5.92 Å². The molecule has 2 aliphatic heterocycles. The summed E-state index contributed by atoms with van der Waals surface area (Å²) in [6.07, 6.45) is 5.37. The van der Waals surface area contributed by atoms with Gasteiger partial charge in [-0.1, -0.05) is 29.5 Å². The van der Waals surface area contributed by atoms with Crippen molar-refractivity contribution >= 4 is 23.5 Å². The van der Waals surface area contributed by atoms with Crippen molar-refractivity contribution < 1.29 is 9.53 Å². The number of piperidine rings is 1. The van der Waals surface area contributed by atoms with Gasteiger partial charge in [0.2, 0.25) is 5.91 Å². The van der Waals surface area contributed by atoms with Gasteiger partial charge in [0.05, 0.1) is 19.1 Å². The number of carbonyl (C=O) groups excluding carboxylic acids is 1. The van der Waals surface area contributed by atoms with Crippen LogP contribution in [0.1, 0.15) is 18.4 Å². The molecule has 7 nitrogen and oxygen atoms in total. The molecule has 0 bridgehead atoms. The quantitative estimate of drug-likeness (QED) is 0.708. The first-order valence-corrected chi connectivity index (χ1v) is 11.9. The van der Waals surface area contributed by atoms with Gasteiger partial charge in [0.25, 0.3) is 0 Å². The summed E-state index contributed by atoms with van der Waals surface area (Å²) in [5.41, 5.74) is 1.22. The number of carbonyl (C=O) groups is 1. The van der Waals surface area contributed by atoms with Crippen LogP contribution in [0.2, 0.25) is 0 Å². The summed E-state index contributed by atoms with van der Waals surface area (Å²) in [5, 5.41) is 4.03. The highest BCUT2D eigenvalue weighted by Gasteiger charge is 2.28. The van der Waals surface area contributed by atoms with Gasteiger partial charge in [-0.3, -0.25) is 9.69 Å². The maximum Gasteiger partial charge on any atom is 0.224 e. The SMILES string of the molecule is Cc1cccc(Sc2nccnc2N2CCC[C@H](C(=O)NCCN3CCOCC3)C2)c1. The molecular formula is C23H31N5O2S. The maximum absolute atomic E-state index is 12.8. The average Bonchev–Trinajstić information content (AvgIpc) is 2.80. The van der Waals surface area contributed by atoms with E-state index in [1.807, 2.05) is 0 Å². The fraction of sp³-hybridized carbons (Fsp3) is 0.522. The molecule has 0 radical (unpaired) electrons. The van der Waals surface area contributed by atoms with Crippen molar-refractivity contribution in [2.75, 3.05) is 57.4 Å². The van der Waals surface area contributed by atoms with Crippen LogP contribution in [-0.2, 0) is 9.53 Å². The van der Waals surface area contributed by atoms with E-state index in [9.17, 15) is 4.79 Å². The Kier molecular flexibility index (Phi) is 7.77. The molecule has 0 aliphatic carbocycles. The summed E-state index contributed by atoms with van der Waals surface area (Å²) in [4.78, 5) is 27.7. The summed E-state index contributed by atoms with van der Waals surface area (Å²) >= 11 is 1.63. The van der Waals surface area contributed by atoms with E-state index in [1.54, 1.807) is 24.2 Å². The smallest absolute Gasteiger partial charge is 0.224 e. The van der Waals surface area contributed by atoms with Gasteiger partial charge in [0.1, 0.15) is 5.03 Å². The molecule has 8 heteroatoms. The van der Waals surface area contributed by atoms with Crippen LogP contribution in [0, 0.1) is 12.8 Å². The van der Waals surface area contributed by atoms with Crippen LogP contribution in [-0.4, -0.2) is 73.3 Å². The van der Waals surface area contributed by atoms with Crippen molar-refractivity contribution in [1.29, 1.82) is 0 Å². The van der Waals surface area contributed by atoms with Crippen molar-refractivity contribution in [1.82, 2.24) is 20.2 Å². The summed E-state index contributed by atoms with van der Waals surface area (Å²) in [6.45, 7) is 8.71. The number of rotatable bonds is 7. The van der Waals surface area contributed by atoms with E-state index in [-0.39, 0.29) is 11.8 Å². The second kappa shape index (κ2) is 10.9. The van der Waals surface area contributed by atoms with Crippen LogP contribution in [0.15, 0.2) is 46.6 Å². The van der Waals surface area contributed by atoms with Gasteiger partial charge in [0, 0.05) is 56.6 Å². The lowest BCUT2D eigenvalue weighted by molar-refractivity contribution is -0.125. The van der Waals surface area contributed by atoms with Crippen LogP contribution >= 0.6 is 11.8 Å². The molecule has 2 aromatic rings. The van der Waals surface area contributed by atoms with Crippen molar-refractivity contribution in [3.05, 3.63) is 42.2 Å². The molecular weight excluding hydrogens is 410 g/mol. The largest absolute Gasteiger partial charge is 0.379 e. The van der Waals surface area contributed by atoms with E-state index in [2.05, 4.69) is 56.3 Å². The Hall–Kier alpha value is -2.16. The number of nitrogens with zero attached hydrogens (tertiary/aromatic N) is 4. The molecule has 4 rings (SSSR count). The Morgan fingerprint density at radius 2 is 2.06 bits per heavy atom. The first-order valence-electron chi connectivity index (χ1n) is 11.1. The zero-order valence-corrected chi connectivity index (χ0v) is 18.9. The van der Waals surface area contributed by atoms with Crippen LogP contribution < -0.4 is 10.2 Å². The molecule has 0 spiro atoms. The predicted molar refractivity (Wildman–Crippen MR) is 123 cm³/mol. The number of nitrogens with one attached hydrogen (secondary N) is 1. The molecule has 0 unspecified atom stereocenters. The molecule has 1 aromatic carbocycles. The minimum Gasteiger partial charge on any atom is -0.379 e. The predicted octanol–water partition coefficient (Wildman–Crippen LogP) is 2.60. The second-order valence-corrected chi connectivity index (χ2v) is 9.20. The van der Waals surface area contributed by atoms with E-state index in [0.29, 0.717) is 13.1 Å². The molecule has 2 fully saturated rings. The highest BCUT2D eigenvalue weighted by atomic mass is 32.2. The Morgan fingerprint density at radius 3 is 2.90 bits per heavy atom. The van der Waals surface area contributed by atoms with Gasteiger partial charge in [-0.2, -0.15) is 0 Å². The zero-order valence-electron chi connectivity index (χ0n) is 18.1. The van der Waals surface area contributed by atoms with Gasteiger partial charge in [-0.05, 0) is 31.9 Å². The third-order valence-corrected chi connectivity index (χ3v) is 6.74. The molecule has 2 aliphatic rings. The van der Waals surface area contributed by atoms with Gasteiger partial charge in [0.15, 0.2) is 5.82 Å². The number of hydrogen-bond donors (Lipinski definition) is 1. The molecule has 31 heavy (non-hydrogen) atoms. The van der Waals surface area contributed by atoms with Gasteiger partial charge in [-0.25, -0.2) is 9.97 Å². The normalized spacial score (nSPS) is 19.9. The number of ether oxygens (including phenoxy) is 1. The number of aromatic nitrogens is 2. The Labute approximate surface area is 188 Å². The van der Waals surface area contributed by atoms with Crippen molar-refractivity contribution in [3.8, 4) is 0 Å². The Bertz CT molecular complexity index is 875. The monoisotopic (exact) mass is 441 g/mol. The van der Waals surface area contributed by atoms with E-state index >= 15 is 0 Å². The summed E-state index contributed by atoms with van der Waals surface area (Å²) in [6, 6.07) is 8.40. The third-order valence-electron chi connectivity index (χ3n) is 5.77. The standard InChI is InChI=1S/C23H31N5O2S/c1-18-4-2-6-20(16-18)31-23-21(24-7-8-26-23)28-10-3-5-19(17-28)22(29)25-9-11-27-12-14-30-15-13-27/h2,4,6-8,16,19H,3,5,9-15,17H2,1H3,(H,25,29)/t19-/m0/s1. The number of hydrogen-bond acceptors (Lipinski definition) is 7. The van der Waals surface area contributed by atoms with E-state index in [0.717, 1.165) is 68.0 Å². The minimum absolute atomic E-state index is 0.0164.